The first-order valence-electron chi connectivity index (χ1n) is 3.70. The Balaban J connectivity index is 3.24. The maximum atomic E-state index is 11.4. The Morgan fingerprint density at radius 1 is 1.21 bits per heavy atom. The molecule has 0 bridgehead atoms. The van der Waals surface area contributed by atoms with E-state index in [1.54, 1.807) is 0 Å². The van der Waals surface area contributed by atoms with Crippen LogP contribution in [0.2, 0.25) is 3.96 Å². The predicted octanol–water partition coefficient (Wildman–Crippen LogP) is -0.148. The molecule has 0 aromatic heterocycles. The van der Waals surface area contributed by atoms with Crippen molar-refractivity contribution in [1.29, 1.82) is 0 Å². The van der Waals surface area contributed by atoms with Crippen LogP contribution in [0.1, 0.15) is 0 Å². The second-order valence-corrected chi connectivity index (χ2v) is 37.4. The molecule has 0 radical (unpaired) electrons. The Labute approximate surface area is 91.4 Å². The molecule has 0 saturated carbocycles. The molecule has 4 amide bonds. The van der Waals surface area contributed by atoms with E-state index in [2.05, 4.69) is 8.45 Å². The first kappa shape index (κ1) is 12.3. The Bertz CT molecular complexity index is 351. The van der Waals surface area contributed by atoms with Gasteiger partial charge in [0.15, 0.2) is 0 Å². The number of rotatable bonds is 1. The monoisotopic (exact) mass is 459 g/mol. The average molecular weight is 459 g/mol. The van der Waals surface area contributed by atoms with Crippen LogP contribution in [0.4, 0.5) is 4.79 Å². The molecule has 1 unspecified atom stereocenters. The van der Waals surface area contributed by atoms with Crippen LogP contribution in [-0.2, 0) is 9.59 Å². The summed E-state index contributed by atoms with van der Waals surface area (Å²) in [4.78, 5) is 33.5. The number of hydrogen-bond donors (Lipinski definition) is 3. The van der Waals surface area contributed by atoms with Crippen molar-refractivity contribution in [2.75, 3.05) is 6.26 Å². The second kappa shape index (κ2) is 4.39. The molecular weight excluding hydrogens is 450 g/mol. The Morgan fingerprint density at radius 3 is 2.00 bits per heavy atom. The van der Waals surface area contributed by atoms with Gasteiger partial charge in [0.25, 0.3) is 0 Å². The number of amides is 4. The Kier molecular flexibility index (Phi) is 3.86. The van der Waals surface area contributed by atoms with Crippen molar-refractivity contribution in [2.24, 2.45) is 0 Å². The van der Waals surface area contributed by atoms with Gasteiger partial charge in [-0.1, -0.05) is 0 Å². The van der Waals surface area contributed by atoms with E-state index < -0.39 is 38.4 Å². The normalized spacial score (nSPS) is 21.4. The zero-order chi connectivity index (χ0) is 10.9. The summed E-state index contributed by atoms with van der Waals surface area (Å²) >= 11 is -3.34. The summed E-state index contributed by atoms with van der Waals surface area (Å²) in [6, 6.07) is -0.761. The number of thiol groups is 1. The Morgan fingerprint density at radius 2 is 1.64 bits per heavy atom. The molecule has 1 atom stereocenters. The quantitative estimate of drug-likeness (QED) is 0.477. The summed E-state index contributed by atoms with van der Waals surface area (Å²) in [5, 5.41) is 4.10. The topological polar surface area (TPSA) is 75.3 Å². The number of carbonyl (C=O) groups is 3. The number of barbiturate groups is 1. The predicted molar refractivity (Wildman–Crippen MR) is 55.1 cm³/mol. The van der Waals surface area contributed by atoms with Crippen molar-refractivity contribution in [3.63, 3.8) is 0 Å². The first-order valence-corrected chi connectivity index (χ1v) is 22.3. The second-order valence-electron chi connectivity index (χ2n) is 2.80. The van der Waals surface area contributed by atoms with Crippen molar-refractivity contribution in [3.8, 4) is 0 Å². The summed E-state index contributed by atoms with van der Waals surface area (Å²) in [5.41, 5.74) is 0. The molecule has 2 N–H and O–H groups in total. The van der Waals surface area contributed by atoms with Crippen molar-refractivity contribution < 1.29 is 35.0 Å². The van der Waals surface area contributed by atoms with E-state index in [-0.39, 0.29) is 2.52 Å². The Hall–Kier alpha value is 0.232. The van der Waals surface area contributed by atoms with Gasteiger partial charge in [-0.3, -0.25) is 0 Å². The first-order chi connectivity index (χ1) is 6.38. The minimum absolute atomic E-state index is 0.167. The van der Waals surface area contributed by atoms with E-state index in [4.69, 9.17) is 0 Å². The zero-order valence-corrected chi connectivity index (χ0v) is 13.5. The van der Waals surface area contributed by atoms with Crippen LogP contribution in [0.15, 0.2) is 0 Å². The van der Waals surface area contributed by atoms with Crippen molar-refractivity contribution in [3.05, 3.63) is 0 Å². The molecule has 0 aromatic carbocycles. The van der Waals surface area contributed by atoms with E-state index in [1.165, 1.54) is 7.59 Å². The van der Waals surface area contributed by atoms with Crippen molar-refractivity contribution in [1.82, 2.24) is 10.6 Å². The van der Waals surface area contributed by atoms with Crippen LogP contribution < -0.4 is 10.6 Å². The molecular formula is C6H9N2O3S2U. The van der Waals surface area contributed by atoms with Crippen molar-refractivity contribution >= 4 is 36.4 Å². The summed E-state index contributed by atoms with van der Waals surface area (Å²) in [7, 11) is 5.87. The van der Waals surface area contributed by atoms with Crippen LogP contribution in [0, 0.1) is 20.6 Å². The van der Waals surface area contributed by atoms with Crippen LogP contribution in [-0.4, -0.2) is 26.6 Å². The molecule has 1 fully saturated rings. The standard InChI is InChI=1S/C4H2N2O3.CH4S.CH3.H2S.U/c7-2-1-3(8)6-4(9)5-2;1-2;;;/h(H2,5,6,7,8,9);2H,1H3;1H3;1H2;/q;;;;+2/p-2. The van der Waals surface area contributed by atoms with E-state index in [0.29, 0.717) is 0 Å². The zero-order valence-electron chi connectivity index (χ0n) is 7.58. The number of carbonyl (C=O) groups excluding carboxylic acids is 3. The average Bonchev–Trinajstić information content (AvgIpc) is 2.01. The van der Waals surface area contributed by atoms with Crippen molar-refractivity contribution in [2.45, 2.75) is 3.96 Å². The molecule has 1 aliphatic heterocycles. The van der Waals surface area contributed by atoms with Gasteiger partial charge in [0, 0.05) is 0 Å². The van der Waals surface area contributed by atoms with Crippen LogP contribution in [0.5, 0.6) is 0 Å². The van der Waals surface area contributed by atoms with Gasteiger partial charge in [0.05, 0.1) is 0 Å². The summed E-state index contributed by atoms with van der Waals surface area (Å²) in [5.74, 6) is -1.17. The summed E-state index contributed by atoms with van der Waals surface area (Å²) < 4.78 is 2.01. The summed E-state index contributed by atoms with van der Waals surface area (Å²) in [6.07, 6.45) is 1.82. The molecule has 5 nitrogen and oxygen atoms in total. The number of hydrogen-bond acceptors (Lipinski definition) is 5. The van der Waals surface area contributed by atoms with Crippen LogP contribution >= 0.6 is 16.0 Å². The maximum absolute atomic E-state index is 11.4. The molecule has 14 heavy (non-hydrogen) atoms. The third kappa shape index (κ3) is 2.42. The fourth-order valence-electron chi connectivity index (χ4n) is 0.989. The number of urea groups is 1. The molecule has 1 heterocycles. The van der Waals surface area contributed by atoms with Crippen LogP contribution in [0.3, 0.4) is 0 Å². The summed E-state index contributed by atoms with van der Waals surface area (Å²) in [6.45, 7) is 0. The molecule has 77 valence electrons. The van der Waals surface area contributed by atoms with Gasteiger partial charge in [-0.2, -0.15) is 0 Å². The molecule has 0 aliphatic carbocycles. The van der Waals surface area contributed by atoms with Crippen LogP contribution in [0.25, 0.3) is 0 Å². The van der Waals surface area contributed by atoms with Gasteiger partial charge < -0.3 is 0 Å². The molecule has 1 rings (SSSR count). The fraction of sp³-hybridized carbons (Fsp3) is 0.333. The van der Waals surface area contributed by atoms with E-state index in [9.17, 15) is 14.4 Å². The number of nitrogens with one attached hydrogen (secondary N) is 2. The van der Waals surface area contributed by atoms with Gasteiger partial charge in [-0.25, -0.2) is 0 Å². The molecule has 1 saturated heterocycles. The van der Waals surface area contributed by atoms with Gasteiger partial charge >= 0.3 is 92.2 Å². The van der Waals surface area contributed by atoms with Gasteiger partial charge in [-0.15, -0.1) is 0 Å². The fourth-order valence-corrected chi connectivity index (χ4v) is 11.4. The van der Waals surface area contributed by atoms with E-state index in [0.717, 1.165) is 0 Å². The molecule has 0 spiro atoms. The third-order valence-electron chi connectivity index (χ3n) is 1.77. The third-order valence-corrected chi connectivity index (χ3v) is 27.3. The van der Waals surface area contributed by atoms with E-state index >= 15 is 0 Å². The molecule has 1 aliphatic rings. The number of imide groups is 2. The van der Waals surface area contributed by atoms with Gasteiger partial charge in [0.1, 0.15) is 0 Å². The molecule has 0 aromatic rings. The minimum atomic E-state index is -3.34. The molecule has 8 heteroatoms. The SMILES string of the molecule is C[S][U]([CH3])([SH])=[C]1C(=O)NC(=O)NC1=O. The van der Waals surface area contributed by atoms with Gasteiger partial charge in [-0.05, 0) is 0 Å². The van der Waals surface area contributed by atoms with E-state index in [1.807, 2.05) is 20.8 Å². The van der Waals surface area contributed by atoms with Gasteiger partial charge in [0.2, 0.25) is 0 Å².